The van der Waals surface area contributed by atoms with Gasteiger partial charge < -0.3 is 10.8 Å². The molecule has 3 nitrogen and oxygen atoms in total. The SMILES string of the molecule is C[CH]C(=O)[C@H](N)Cc1ccc(O)cc1. The molecule has 0 fully saturated rings. The number of hydrogen-bond donors (Lipinski definition) is 2. The molecule has 3 heteroatoms. The minimum atomic E-state index is -0.482. The molecule has 0 saturated carbocycles. The maximum atomic E-state index is 11.2. The van der Waals surface area contributed by atoms with E-state index in [1.54, 1.807) is 31.2 Å². The van der Waals surface area contributed by atoms with E-state index in [1.165, 1.54) is 6.42 Å². The molecule has 14 heavy (non-hydrogen) atoms. The van der Waals surface area contributed by atoms with Crippen molar-refractivity contribution >= 4 is 5.78 Å². The highest BCUT2D eigenvalue weighted by atomic mass is 16.3. The molecule has 3 N–H and O–H groups in total. The summed E-state index contributed by atoms with van der Waals surface area (Å²) in [6, 6.07) is 6.21. The average molecular weight is 192 g/mol. The molecule has 0 spiro atoms. The zero-order valence-electron chi connectivity index (χ0n) is 8.10. The van der Waals surface area contributed by atoms with Gasteiger partial charge in [0.2, 0.25) is 0 Å². The topological polar surface area (TPSA) is 63.3 Å². The highest BCUT2D eigenvalue weighted by Crippen LogP contribution is 2.11. The van der Waals surface area contributed by atoms with E-state index in [2.05, 4.69) is 0 Å². The number of benzene rings is 1. The van der Waals surface area contributed by atoms with Gasteiger partial charge in [-0.2, -0.15) is 0 Å². The number of aromatic hydroxyl groups is 1. The van der Waals surface area contributed by atoms with Gasteiger partial charge in [-0.05, 0) is 24.1 Å². The molecular formula is C11H14NO2. The Morgan fingerprint density at radius 1 is 1.50 bits per heavy atom. The second-order valence-electron chi connectivity index (χ2n) is 3.17. The monoisotopic (exact) mass is 192 g/mol. The quantitative estimate of drug-likeness (QED) is 0.749. The summed E-state index contributed by atoms with van der Waals surface area (Å²) in [6.07, 6.45) is 1.98. The van der Waals surface area contributed by atoms with E-state index in [-0.39, 0.29) is 11.5 Å². The number of carbonyl (C=O) groups is 1. The number of phenolic OH excluding ortho intramolecular Hbond substituents is 1. The molecule has 0 heterocycles. The summed E-state index contributed by atoms with van der Waals surface area (Å²) < 4.78 is 0. The zero-order valence-corrected chi connectivity index (χ0v) is 8.10. The van der Waals surface area contributed by atoms with E-state index in [0.717, 1.165) is 5.56 Å². The third kappa shape index (κ3) is 2.85. The first-order valence-electron chi connectivity index (χ1n) is 4.50. The van der Waals surface area contributed by atoms with E-state index in [1.807, 2.05) is 0 Å². The molecule has 1 aromatic carbocycles. The van der Waals surface area contributed by atoms with Gasteiger partial charge in [-0.1, -0.05) is 19.1 Å². The van der Waals surface area contributed by atoms with Gasteiger partial charge >= 0.3 is 0 Å². The van der Waals surface area contributed by atoms with Crippen molar-refractivity contribution in [3.63, 3.8) is 0 Å². The summed E-state index contributed by atoms with van der Waals surface area (Å²) in [5.74, 6) is 0.161. The maximum absolute atomic E-state index is 11.2. The molecule has 0 aromatic heterocycles. The van der Waals surface area contributed by atoms with Gasteiger partial charge in [0.25, 0.3) is 0 Å². The third-order valence-corrected chi connectivity index (χ3v) is 2.04. The van der Waals surface area contributed by atoms with Crippen LogP contribution in [-0.4, -0.2) is 16.9 Å². The molecule has 0 bridgehead atoms. The van der Waals surface area contributed by atoms with Gasteiger partial charge in [-0.15, -0.1) is 0 Å². The van der Waals surface area contributed by atoms with E-state index in [4.69, 9.17) is 10.8 Å². The Kier molecular flexibility index (Phi) is 3.65. The molecule has 0 aliphatic heterocycles. The first kappa shape index (κ1) is 10.7. The Morgan fingerprint density at radius 3 is 2.57 bits per heavy atom. The molecule has 0 unspecified atom stereocenters. The van der Waals surface area contributed by atoms with E-state index in [9.17, 15) is 4.79 Å². The van der Waals surface area contributed by atoms with Crippen LogP contribution in [-0.2, 0) is 11.2 Å². The van der Waals surface area contributed by atoms with Crippen LogP contribution in [0, 0.1) is 6.42 Å². The number of ketones is 1. The molecule has 1 aromatic rings. The Labute approximate surface area is 83.6 Å². The van der Waals surface area contributed by atoms with Crippen LogP contribution >= 0.6 is 0 Å². The van der Waals surface area contributed by atoms with Crippen molar-refractivity contribution in [1.82, 2.24) is 0 Å². The van der Waals surface area contributed by atoms with Gasteiger partial charge in [-0.25, -0.2) is 0 Å². The lowest BCUT2D eigenvalue weighted by molar-refractivity contribution is -0.117. The molecule has 0 aliphatic carbocycles. The van der Waals surface area contributed by atoms with Crippen molar-refractivity contribution in [2.45, 2.75) is 19.4 Å². The highest BCUT2D eigenvalue weighted by molar-refractivity contribution is 5.91. The molecule has 1 radical (unpaired) electrons. The van der Waals surface area contributed by atoms with Crippen molar-refractivity contribution in [1.29, 1.82) is 0 Å². The fourth-order valence-electron chi connectivity index (χ4n) is 1.20. The van der Waals surface area contributed by atoms with Crippen molar-refractivity contribution < 1.29 is 9.90 Å². The summed E-state index contributed by atoms with van der Waals surface area (Å²) in [7, 11) is 0. The molecule has 0 saturated heterocycles. The third-order valence-electron chi connectivity index (χ3n) is 2.04. The average Bonchev–Trinajstić information content (AvgIpc) is 2.20. The summed E-state index contributed by atoms with van der Waals surface area (Å²) >= 11 is 0. The Morgan fingerprint density at radius 2 is 2.07 bits per heavy atom. The van der Waals surface area contributed by atoms with Crippen LogP contribution in [0.4, 0.5) is 0 Å². The van der Waals surface area contributed by atoms with Gasteiger partial charge in [-0.3, -0.25) is 4.79 Å². The number of carbonyl (C=O) groups excluding carboxylic acids is 1. The van der Waals surface area contributed by atoms with Crippen molar-refractivity contribution in [3.05, 3.63) is 36.2 Å². The predicted molar refractivity (Wildman–Crippen MR) is 54.8 cm³/mol. The predicted octanol–water partition coefficient (Wildman–Crippen LogP) is 1.06. The summed E-state index contributed by atoms with van der Waals surface area (Å²) in [5.41, 5.74) is 6.60. The molecule has 75 valence electrons. The Bertz CT molecular complexity index is 306. The Hall–Kier alpha value is -1.35. The van der Waals surface area contributed by atoms with Gasteiger partial charge in [0.05, 0.1) is 6.04 Å². The molecule has 1 rings (SSSR count). The van der Waals surface area contributed by atoms with Gasteiger partial charge in [0, 0.05) is 6.42 Å². The number of phenols is 1. The lowest BCUT2D eigenvalue weighted by atomic mass is 10.0. The van der Waals surface area contributed by atoms with Crippen molar-refractivity contribution in [3.8, 4) is 5.75 Å². The molecule has 0 amide bonds. The molecular weight excluding hydrogens is 178 g/mol. The van der Waals surface area contributed by atoms with Crippen LogP contribution in [0.5, 0.6) is 5.75 Å². The minimum absolute atomic E-state index is 0.0573. The van der Waals surface area contributed by atoms with Crippen LogP contribution < -0.4 is 5.73 Å². The van der Waals surface area contributed by atoms with Gasteiger partial charge in [0.1, 0.15) is 5.75 Å². The summed E-state index contributed by atoms with van der Waals surface area (Å²) in [4.78, 5) is 11.2. The molecule has 1 atom stereocenters. The first-order chi connectivity index (χ1) is 6.63. The standard InChI is InChI=1S/C11H14NO2/c1-2-11(14)10(12)7-8-3-5-9(13)6-4-8/h2-6,10,13H,7,12H2,1H3/t10-/m1/s1. The number of rotatable bonds is 4. The second kappa shape index (κ2) is 4.77. The van der Waals surface area contributed by atoms with E-state index >= 15 is 0 Å². The van der Waals surface area contributed by atoms with Crippen LogP contribution in [0.2, 0.25) is 0 Å². The van der Waals surface area contributed by atoms with Crippen molar-refractivity contribution in [2.75, 3.05) is 0 Å². The highest BCUT2D eigenvalue weighted by Gasteiger charge is 2.11. The first-order valence-corrected chi connectivity index (χ1v) is 4.50. The van der Waals surface area contributed by atoms with E-state index < -0.39 is 6.04 Å². The number of nitrogens with two attached hydrogens (primary N) is 1. The maximum Gasteiger partial charge on any atom is 0.153 e. The van der Waals surface area contributed by atoms with Gasteiger partial charge in [0.15, 0.2) is 5.78 Å². The zero-order chi connectivity index (χ0) is 10.6. The number of hydrogen-bond acceptors (Lipinski definition) is 3. The van der Waals surface area contributed by atoms with Crippen LogP contribution in [0.3, 0.4) is 0 Å². The minimum Gasteiger partial charge on any atom is -0.508 e. The summed E-state index contributed by atoms with van der Waals surface area (Å²) in [6.45, 7) is 1.68. The summed E-state index contributed by atoms with van der Waals surface area (Å²) in [5, 5.41) is 9.04. The normalized spacial score (nSPS) is 12.4. The van der Waals surface area contributed by atoms with Crippen molar-refractivity contribution in [2.24, 2.45) is 5.73 Å². The second-order valence-corrected chi connectivity index (χ2v) is 3.17. The fourth-order valence-corrected chi connectivity index (χ4v) is 1.20. The smallest absolute Gasteiger partial charge is 0.153 e. The lowest BCUT2D eigenvalue weighted by Gasteiger charge is -2.08. The van der Waals surface area contributed by atoms with Crippen LogP contribution in [0.15, 0.2) is 24.3 Å². The number of Topliss-reactive ketones (excluding diaryl/α,β-unsaturated/α-hetero) is 1. The lowest BCUT2D eigenvalue weighted by Crippen LogP contribution is -2.32. The van der Waals surface area contributed by atoms with Crippen LogP contribution in [0.1, 0.15) is 12.5 Å². The van der Waals surface area contributed by atoms with Crippen LogP contribution in [0.25, 0.3) is 0 Å². The molecule has 0 aliphatic rings. The largest absolute Gasteiger partial charge is 0.508 e. The van der Waals surface area contributed by atoms with E-state index in [0.29, 0.717) is 6.42 Å². The Balaban J connectivity index is 2.60. The fraction of sp³-hybridized carbons (Fsp3) is 0.273.